The molecule has 2 N–H and O–H groups in total. The quantitative estimate of drug-likeness (QED) is 0.847. The highest BCUT2D eigenvalue weighted by Gasteiger charge is 2.37. The Labute approximate surface area is 107 Å². The number of ether oxygens (including phenoxy) is 2. The average Bonchev–Trinajstić information content (AvgIpc) is 3.19. The van der Waals surface area contributed by atoms with Crippen molar-refractivity contribution in [3.63, 3.8) is 0 Å². The lowest BCUT2D eigenvalue weighted by molar-refractivity contribution is 0.0277. The van der Waals surface area contributed by atoms with Crippen molar-refractivity contribution in [2.45, 2.75) is 31.9 Å². The third kappa shape index (κ3) is 2.82. The van der Waals surface area contributed by atoms with Gasteiger partial charge in [-0.2, -0.15) is 0 Å². The first-order valence-electron chi connectivity index (χ1n) is 6.38. The number of hydrogen-bond acceptors (Lipinski definition) is 3. The summed E-state index contributed by atoms with van der Waals surface area (Å²) in [5, 5.41) is 0. The molecule has 0 heterocycles. The van der Waals surface area contributed by atoms with E-state index >= 15 is 0 Å². The van der Waals surface area contributed by atoms with Gasteiger partial charge in [-0.05, 0) is 43.9 Å². The van der Waals surface area contributed by atoms with Gasteiger partial charge in [0, 0.05) is 12.2 Å². The Balaban J connectivity index is 2.24. The maximum absolute atomic E-state index is 13.4. The first kappa shape index (κ1) is 13.3. The third-order valence-corrected chi connectivity index (χ3v) is 3.35. The predicted molar refractivity (Wildman–Crippen MR) is 68.0 cm³/mol. The monoisotopic (exact) mass is 253 g/mol. The Bertz CT molecular complexity index is 407. The summed E-state index contributed by atoms with van der Waals surface area (Å²) in [6, 6.07) is 4.09. The van der Waals surface area contributed by atoms with Crippen molar-refractivity contribution >= 4 is 0 Å². The third-order valence-electron chi connectivity index (χ3n) is 3.35. The summed E-state index contributed by atoms with van der Waals surface area (Å²) in [5.74, 6) is 0.814. The zero-order chi connectivity index (χ0) is 13.1. The average molecular weight is 253 g/mol. The minimum atomic E-state index is -0.344. The van der Waals surface area contributed by atoms with Gasteiger partial charge in [0.05, 0.1) is 19.3 Å². The van der Waals surface area contributed by atoms with E-state index in [1.54, 1.807) is 13.2 Å². The number of benzene rings is 1. The van der Waals surface area contributed by atoms with E-state index in [0.29, 0.717) is 23.8 Å². The van der Waals surface area contributed by atoms with Gasteiger partial charge < -0.3 is 15.2 Å². The highest BCUT2D eigenvalue weighted by molar-refractivity contribution is 5.37. The van der Waals surface area contributed by atoms with Gasteiger partial charge in [-0.15, -0.1) is 0 Å². The normalized spacial score (nSPS) is 18.4. The molecule has 0 radical (unpaired) electrons. The molecule has 18 heavy (non-hydrogen) atoms. The fourth-order valence-corrected chi connectivity index (χ4v) is 2.29. The van der Waals surface area contributed by atoms with Crippen molar-refractivity contribution < 1.29 is 13.9 Å². The van der Waals surface area contributed by atoms with Crippen molar-refractivity contribution in [2.75, 3.05) is 13.7 Å². The predicted octanol–water partition coefficient (Wildman–Crippen LogP) is 2.65. The molecule has 0 aliphatic heterocycles. The van der Waals surface area contributed by atoms with E-state index in [9.17, 15) is 4.39 Å². The molecule has 0 spiro atoms. The van der Waals surface area contributed by atoms with Crippen LogP contribution in [-0.2, 0) is 4.74 Å². The summed E-state index contributed by atoms with van der Waals surface area (Å²) < 4.78 is 24.3. The van der Waals surface area contributed by atoms with Crippen LogP contribution in [0.1, 0.15) is 31.4 Å². The molecule has 3 nitrogen and oxygen atoms in total. The molecule has 1 aromatic carbocycles. The van der Waals surface area contributed by atoms with E-state index in [2.05, 4.69) is 0 Å². The molecular weight excluding hydrogens is 233 g/mol. The fourth-order valence-electron chi connectivity index (χ4n) is 2.29. The van der Waals surface area contributed by atoms with Crippen LogP contribution in [0.15, 0.2) is 18.2 Å². The van der Waals surface area contributed by atoms with Gasteiger partial charge in [0.2, 0.25) is 0 Å². The smallest absolute Gasteiger partial charge is 0.123 e. The summed E-state index contributed by atoms with van der Waals surface area (Å²) in [6.45, 7) is 2.57. The molecule has 1 fully saturated rings. The van der Waals surface area contributed by atoms with Gasteiger partial charge >= 0.3 is 0 Å². The van der Waals surface area contributed by atoms with E-state index in [1.165, 1.54) is 12.1 Å². The topological polar surface area (TPSA) is 44.5 Å². The SMILES string of the molecule is CCOC(C1CC1)C(N)c1cc(F)ccc1OC. The van der Waals surface area contributed by atoms with Gasteiger partial charge in [0.15, 0.2) is 0 Å². The zero-order valence-corrected chi connectivity index (χ0v) is 10.9. The van der Waals surface area contributed by atoms with Gasteiger partial charge in [-0.25, -0.2) is 4.39 Å². The van der Waals surface area contributed by atoms with E-state index in [0.717, 1.165) is 12.8 Å². The van der Waals surface area contributed by atoms with Crippen LogP contribution in [0.3, 0.4) is 0 Å². The van der Waals surface area contributed by atoms with Crippen molar-refractivity contribution in [2.24, 2.45) is 11.7 Å². The van der Waals surface area contributed by atoms with E-state index < -0.39 is 0 Å². The van der Waals surface area contributed by atoms with E-state index in [1.807, 2.05) is 6.92 Å². The molecule has 100 valence electrons. The second-order valence-electron chi connectivity index (χ2n) is 4.67. The molecule has 2 unspecified atom stereocenters. The van der Waals surface area contributed by atoms with Crippen LogP contribution in [0, 0.1) is 11.7 Å². The second kappa shape index (κ2) is 5.67. The van der Waals surface area contributed by atoms with Crippen LogP contribution in [0.25, 0.3) is 0 Å². The van der Waals surface area contributed by atoms with Gasteiger partial charge in [-0.1, -0.05) is 0 Å². The molecule has 2 rings (SSSR count). The Morgan fingerprint density at radius 1 is 1.44 bits per heavy atom. The second-order valence-corrected chi connectivity index (χ2v) is 4.67. The number of hydrogen-bond donors (Lipinski definition) is 1. The number of halogens is 1. The molecule has 0 bridgehead atoms. The molecule has 1 aromatic rings. The maximum atomic E-state index is 13.4. The van der Waals surface area contributed by atoms with Crippen LogP contribution < -0.4 is 10.5 Å². The zero-order valence-electron chi connectivity index (χ0n) is 10.9. The first-order chi connectivity index (χ1) is 8.67. The minimum Gasteiger partial charge on any atom is -0.496 e. The molecule has 1 saturated carbocycles. The number of methoxy groups -OCH3 is 1. The van der Waals surface area contributed by atoms with Crippen molar-refractivity contribution in [1.82, 2.24) is 0 Å². The highest BCUT2D eigenvalue weighted by atomic mass is 19.1. The first-order valence-corrected chi connectivity index (χ1v) is 6.38. The van der Waals surface area contributed by atoms with E-state index in [4.69, 9.17) is 15.2 Å². The van der Waals surface area contributed by atoms with Gasteiger partial charge in [-0.3, -0.25) is 0 Å². The van der Waals surface area contributed by atoms with Crippen LogP contribution in [0.4, 0.5) is 4.39 Å². The maximum Gasteiger partial charge on any atom is 0.123 e. The molecule has 1 aliphatic rings. The highest BCUT2D eigenvalue weighted by Crippen LogP contribution is 2.41. The van der Waals surface area contributed by atoms with Crippen LogP contribution in [-0.4, -0.2) is 19.8 Å². The minimum absolute atomic E-state index is 0.0503. The summed E-state index contributed by atoms with van der Waals surface area (Å²) in [7, 11) is 1.57. The van der Waals surface area contributed by atoms with Crippen LogP contribution in [0.2, 0.25) is 0 Å². The van der Waals surface area contributed by atoms with Crippen LogP contribution >= 0.6 is 0 Å². The van der Waals surface area contributed by atoms with Crippen LogP contribution in [0.5, 0.6) is 5.75 Å². The van der Waals surface area contributed by atoms with E-state index in [-0.39, 0.29) is 18.0 Å². The molecule has 1 aliphatic carbocycles. The Kier molecular flexibility index (Phi) is 4.19. The number of rotatable bonds is 6. The van der Waals surface area contributed by atoms with Crippen molar-refractivity contribution in [1.29, 1.82) is 0 Å². The lowest BCUT2D eigenvalue weighted by Gasteiger charge is -2.25. The van der Waals surface area contributed by atoms with Gasteiger partial charge in [0.1, 0.15) is 11.6 Å². The van der Waals surface area contributed by atoms with Crippen molar-refractivity contribution in [3.05, 3.63) is 29.6 Å². The summed E-state index contributed by atoms with van der Waals surface area (Å²) >= 11 is 0. The lowest BCUT2D eigenvalue weighted by Crippen LogP contribution is -2.31. The summed E-state index contributed by atoms with van der Waals surface area (Å²) in [6.07, 6.45) is 2.22. The summed E-state index contributed by atoms with van der Waals surface area (Å²) in [5.41, 5.74) is 6.92. The molecule has 0 saturated heterocycles. The Morgan fingerprint density at radius 2 is 2.17 bits per heavy atom. The molecule has 4 heteroatoms. The van der Waals surface area contributed by atoms with Gasteiger partial charge in [0.25, 0.3) is 0 Å². The standard InChI is InChI=1S/C14H20FNO2/c1-3-18-14(9-4-5-9)13(16)11-8-10(15)6-7-12(11)17-2/h6-9,13-14H,3-5,16H2,1-2H3. The molecule has 0 amide bonds. The Hall–Kier alpha value is -1.13. The fraction of sp³-hybridized carbons (Fsp3) is 0.571. The molecule has 0 aromatic heterocycles. The Morgan fingerprint density at radius 3 is 2.72 bits per heavy atom. The largest absolute Gasteiger partial charge is 0.496 e. The van der Waals surface area contributed by atoms with Crippen molar-refractivity contribution in [3.8, 4) is 5.75 Å². The number of nitrogens with two attached hydrogens (primary N) is 1. The molecular formula is C14H20FNO2. The molecule has 2 atom stereocenters. The summed E-state index contributed by atoms with van der Waals surface area (Å²) in [4.78, 5) is 0. The lowest BCUT2D eigenvalue weighted by atomic mass is 9.98.